The number of nitrogens with one attached hydrogen (secondary N) is 1. The maximum absolute atomic E-state index is 9.17. The third-order valence-electron chi connectivity index (χ3n) is 2.35. The summed E-state index contributed by atoms with van der Waals surface area (Å²) in [5.74, 6) is 1.04. The zero-order valence-corrected chi connectivity index (χ0v) is 10.3. The Morgan fingerprint density at radius 2 is 2.43 bits per heavy atom. The SMILES string of the molecule is CNC(C)(CO)CCSc1cccs1. The van der Waals surface area contributed by atoms with E-state index < -0.39 is 0 Å². The monoisotopic (exact) mass is 231 g/mol. The number of aliphatic hydroxyl groups excluding tert-OH is 1. The van der Waals surface area contributed by atoms with Crippen LogP contribution in [-0.4, -0.2) is 30.1 Å². The van der Waals surface area contributed by atoms with Crippen LogP contribution < -0.4 is 5.32 Å². The molecule has 0 saturated heterocycles. The normalized spacial score (nSPS) is 15.4. The zero-order valence-electron chi connectivity index (χ0n) is 8.62. The van der Waals surface area contributed by atoms with Gasteiger partial charge in [0.05, 0.1) is 10.8 Å². The summed E-state index contributed by atoms with van der Waals surface area (Å²) >= 11 is 3.62. The van der Waals surface area contributed by atoms with Gasteiger partial charge in [0.25, 0.3) is 0 Å². The summed E-state index contributed by atoms with van der Waals surface area (Å²) in [6.45, 7) is 2.23. The van der Waals surface area contributed by atoms with Crippen LogP contribution in [0.15, 0.2) is 21.7 Å². The highest BCUT2D eigenvalue weighted by Crippen LogP contribution is 2.25. The van der Waals surface area contributed by atoms with Crippen molar-refractivity contribution in [2.45, 2.75) is 23.1 Å². The van der Waals surface area contributed by atoms with Gasteiger partial charge in [-0.3, -0.25) is 0 Å². The minimum Gasteiger partial charge on any atom is -0.394 e. The molecule has 0 fully saturated rings. The fraction of sp³-hybridized carbons (Fsp3) is 0.600. The predicted molar refractivity (Wildman–Crippen MR) is 64.2 cm³/mol. The molecule has 4 heteroatoms. The van der Waals surface area contributed by atoms with E-state index in [0.717, 1.165) is 12.2 Å². The molecule has 80 valence electrons. The molecule has 1 unspecified atom stereocenters. The number of likely N-dealkylation sites (N-methyl/N-ethyl adjacent to an activating group) is 1. The molecule has 0 amide bonds. The van der Waals surface area contributed by atoms with Crippen molar-refractivity contribution in [3.63, 3.8) is 0 Å². The zero-order chi connectivity index (χ0) is 10.4. The van der Waals surface area contributed by atoms with Crippen LogP contribution in [0.2, 0.25) is 0 Å². The summed E-state index contributed by atoms with van der Waals surface area (Å²) in [4.78, 5) is 0. The highest BCUT2D eigenvalue weighted by atomic mass is 32.2. The Kier molecular flexibility index (Phi) is 4.95. The van der Waals surface area contributed by atoms with Gasteiger partial charge in [-0.15, -0.1) is 23.1 Å². The van der Waals surface area contributed by atoms with Gasteiger partial charge in [0.2, 0.25) is 0 Å². The Morgan fingerprint density at radius 3 is 2.93 bits per heavy atom. The van der Waals surface area contributed by atoms with E-state index in [2.05, 4.69) is 22.8 Å². The molecule has 0 spiro atoms. The molecule has 1 heterocycles. The number of hydrogen-bond donors (Lipinski definition) is 2. The lowest BCUT2D eigenvalue weighted by molar-refractivity contribution is 0.179. The number of thiophene rings is 1. The van der Waals surface area contributed by atoms with Crippen molar-refractivity contribution in [1.29, 1.82) is 0 Å². The molecule has 0 aliphatic carbocycles. The van der Waals surface area contributed by atoms with E-state index in [4.69, 9.17) is 0 Å². The van der Waals surface area contributed by atoms with E-state index in [1.807, 2.05) is 25.7 Å². The minimum atomic E-state index is -0.135. The molecule has 1 aromatic heterocycles. The summed E-state index contributed by atoms with van der Waals surface area (Å²) in [5, 5.41) is 14.4. The Bertz CT molecular complexity index is 245. The molecule has 0 bridgehead atoms. The standard InChI is InChI=1S/C10H17NOS2/c1-10(8-12,11-2)5-7-14-9-4-3-6-13-9/h3-4,6,11-12H,5,7-8H2,1-2H3. The Morgan fingerprint density at radius 1 is 1.64 bits per heavy atom. The van der Waals surface area contributed by atoms with Crippen LogP contribution in [0.4, 0.5) is 0 Å². The summed E-state index contributed by atoms with van der Waals surface area (Å²) < 4.78 is 1.35. The molecule has 2 nitrogen and oxygen atoms in total. The van der Waals surface area contributed by atoms with Crippen LogP contribution in [0.3, 0.4) is 0 Å². The number of rotatable bonds is 6. The van der Waals surface area contributed by atoms with E-state index in [1.54, 1.807) is 11.3 Å². The molecule has 0 aliphatic rings. The highest BCUT2D eigenvalue weighted by Gasteiger charge is 2.19. The molecule has 14 heavy (non-hydrogen) atoms. The van der Waals surface area contributed by atoms with Crippen LogP contribution in [0.1, 0.15) is 13.3 Å². The second kappa shape index (κ2) is 5.75. The second-order valence-corrected chi connectivity index (χ2v) is 5.84. The second-order valence-electron chi connectivity index (χ2n) is 3.50. The summed E-state index contributed by atoms with van der Waals surface area (Å²) in [6.07, 6.45) is 0.975. The van der Waals surface area contributed by atoms with Crippen molar-refractivity contribution < 1.29 is 5.11 Å². The summed E-state index contributed by atoms with van der Waals surface area (Å²) in [7, 11) is 1.89. The average molecular weight is 231 g/mol. The van der Waals surface area contributed by atoms with Crippen LogP contribution in [0.5, 0.6) is 0 Å². The molecule has 0 saturated carbocycles. The third-order valence-corrected chi connectivity index (χ3v) is 4.48. The molecule has 1 aromatic rings. The highest BCUT2D eigenvalue weighted by molar-refractivity contribution is 8.01. The van der Waals surface area contributed by atoms with E-state index in [1.165, 1.54) is 4.21 Å². The molecule has 1 atom stereocenters. The molecule has 2 N–H and O–H groups in total. The van der Waals surface area contributed by atoms with Crippen LogP contribution in [0.25, 0.3) is 0 Å². The lowest BCUT2D eigenvalue weighted by Gasteiger charge is -2.26. The van der Waals surface area contributed by atoms with Gasteiger partial charge in [0.15, 0.2) is 0 Å². The number of aliphatic hydroxyl groups is 1. The first-order valence-electron chi connectivity index (χ1n) is 4.66. The van der Waals surface area contributed by atoms with E-state index in [-0.39, 0.29) is 12.1 Å². The first kappa shape index (κ1) is 12.0. The van der Waals surface area contributed by atoms with Crippen molar-refractivity contribution >= 4 is 23.1 Å². The average Bonchev–Trinajstić information content (AvgIpc) is 2.70. The van der Waals surface area contributed by atoms with E-state index >= 15 is 0 Å². The van der Waals surface area contributed by atoms with E-state index in [9.17, 15) is 5.11 Å². The van der Waals surface area contributed by atoms with Gasteiger partial charge >= 0.3 is 0 Å². The lowest BCUT2D eigenvalue weighted by Crippen LogP contribution is -2.43. The van der Waals surface area contributed by atoms with Gasteiger partial charge in [0, 0.05) is 11.3 Å². The van der Waals surface area contributed by atoms with Crippen molar-refractivity contribution in [2.24, 2.45) is 0 Å². The maximum atomic E-state index is 9.17. The molecule has 0 aliphatic heterocycles. The van der Waals surface area contributed by atoms with Crippen LogP contribution in [-0.2, 0) is 0 Å². The molecular formula is C10H17NOS2. The molecule has 0 aromatic carbocycles. The summed E-state index contributed by atoms with van der Waals surface area (Å²) in [6, 6.07) is 4.20. The molecule has 0 radical (unpaired) electrons. The quantitative estimate of drug-likeness (QED) is 0.736. The molecule has 1 rings (SSSR count). The van der Waals surface area contributed by atoms with Gasteiger partial charge in [-0.1, -0.05) is 6.07 Å². The van der Waals surface area contributed by atoms with Crippen LogP contribution >= 0.6 is 23.1 Å². The van der Waals surface area contributed by atoms with Crippen molar-refractivity contribution in [3.05, 3.63) is 17.5 Å². The largest absolute Gasteiger partial charge is 0.394 e. The lowest BCUT2D eigenvalue weighted by atomic mass is 10.0. The predicted octanol–water partition coefficient (Wildman–Crippen LogP) is 2.20. The van der Waals surface area contributed by atoms with Crippen molar-refractivity contribution in [3.8, 4) is 0 Å². The molecular weight excluding hydrogens is 214 g/mol. The maximum Gasteiger partial charge on any atom is 0.0610 e. The fourth-order valence-electron chi connectivity index (χ4n) is 1.01. The van der Waals surface area contributed by atoms with Gasteiger partial charge in [-0.25, -0.2) is 0 Å². The van der Waals surface area contributed by atoms with Gasteiger partial charge < -0.3 is 10.4 Å². The number of hydrogen-bond acceptors (Lipinski definition) is 4. The van der Waals surface area contributed by atoms with Crippen LogP contribution in [0, 0.1) is 0 Å². The third kappa shape index (κ3) is 3.61. The smallest absolute Gasteiger partial charge is 0.0610 e. The van der Waals surface area contributed by atoms with Gasteiger partial charge in [0.1, 0.15) is 0 Å². The summed E-state index contributed by atoms with van der Waals surface area (Å²) in [5.41, 5.74) is -0.135. The topological polar surface area (TPSA) is 32.3 Å². The Hall–Kier alpha value is -0.0300. The first-order valence-corrected chi connectivity index (χ1v) is 6.53. The minimum absolute atomic E-state index is 0.135. The number of thioether (sulfide) groups is 1. The van der Waals surface area contributed by atoms with Gasteiger partial charge in [-0.05, 0) is 31.8 Å². The Labute approximate surface area is 93.7 Å². The van der Waals surface area contributed by atoms with E-state index in [0.29, 0.717) is 0 Å². The fourth-order valence-corrected chi connectivity index (χ4v) is 3.07. The van der Waals surface area contributed by atoms with Crippen molar-refractivity contribution in [2.75, 3.05) is 19.4 Å². The Balaban J connectivity index is 2.27. The van der Waals surface area contributed by atoms with Gasteiger partial charge in [-0.2, -0.15) is 0 Å². The van der Waals surface area contributed by atoms with Crippen molar-refractivity contribution in [1.82, 2.24) is 5.32 Å². The first-order chi connectivity index (χ1) is 6.70.